The van der Waals surface area contributed by atoms with Crippen molar-refractivity contribution in [1.29, 1.82) is 0 Å². The molecule has 1 atom stereocenters. The highest BCUT2D eigenvalue weighted by Crippen LogP contribution is 2.23. The molecule has 5 nitrogen and oxygen atoms in total. The van der Waals surface area contributed by atoms with E-state index in [0.29, 0.717) is 6.42 Å². The molecule has 4 N–H and O–H groups in total. The molecule has 0 saturated heterocycles. The summed E-state index contributed by atoms with van der Waals surface area (Å²) in [6, 6.07) is 3.20. The molecule has 0 aromatic heterocycles. The highest BCUT2D eigenvalue weighted by molar-refractivity contribution is 5.80. The number of hydrogen-bond acceptors (Lipinski definition) is 4. The lowest BCUT2D eigenvalue weighted by molar-refractivity contribution is -0.119. The number of hydroxylamine groups is 2. The Bertz CT molecular complexity index is 421. The summed E-state index contributed by atoms with van der Waals surface area (Å²) in [6.45, 7) is 3.94. The van der Waals surface area contributed by atoms with Crippen LogP contribution in [0.15, 0.2) is 12.1 Å². The Hall–Kier alpha value is -1.59. The Labute approximate surface area is 108 Å². The first-order valence-corrected chi connectivity index (χ1v) is 5.81. The molecular weight excluding hydrogens is 230 g/mol. The van der Waals surface area contributed by atoms with Gasteiger partial charge in [0.15, 0.2) is 0 Å². The first-order valence-electron chi connectivity index (χ1n) is 5.81. The van der Waals surface area contributed by atoms with E-state index in [2.05, 4.69) is 0 Å². The number of primary amides is 1. The van der Waals surface area contributed by atoms with Crippen molar-refractivity contribution in [2.75, 3.05) is 14.1 Å². The van der Waals surface area contributed by atoms with Crippen molar-refractivity contribution < 1.29 is 9.63 Å². The molecule has 5 heteroatoms. The second-order valence-electron chi connectivity index (χ2n) is 4.65. The van der Waals surface area contributed by atoms with Gasteiger partial charge >= 0.3 is 0 Å². The minimum atomic E-state index is -0.650. The summed E-state index contributed by atoms with van der Waals surface area (Å²) in [6.07, 6.45) is 0.454. The maximum Gasteiger partial charge on any atom is 0.234 e. The van der Waals surface area contributed by atoms with Crippen LogP contribution in [-0.4, -0.2) is 31.1 Å². The highest BCUT2D eigenvalue weighted by Gasteiger charge is 2.14. The summed E-state index contributed by atoms with van der Waals surface area (Å²) in [7, 11) is 3.64. The van der Waals surface area contributed by atoms with Gasteiger partial charge in [0.2, 0.25) is 5.91 Å². The van der Waals surface area contributed by atoms with Crippen LogP contribution in [0.3, 0.4) is 0 Å². The van der Waals surface area contributed by atoms with Crippen molar-refractivity contribution in [1.82, 2.24) is 5.06 Å². The van der Waals surface area contributed by atoms with E-state index < -0.39 is 11.9 Å². The average Bonchev–Trinajstić information content (AvgIpc) is 2.21. The Kier molecular flexibility index (Phi) is 4.69. The number of amides is 1. The molecule has 0 spiro atoms. The van der Waals surface area contributed by atoms with Crippen LogP contribution in [0.1, 0.15) is 16.7 Å². The van der Waals surface area contributed by atoms with Gasteiger partial charge in [0.05, 0.1) is 6.04 Å². The molecule has 0 bridgehead atoms. The van der Waals surface area contributed by atoms with E-state index in [-0.39, 0.29) is 0 Å². The van der Waals surface area contributed by atoms with Crippen molar-refractivity contribution in [3.8, 4) is 5.75 Å². The van der Waals surface area contributed by atoms with Gasteiger partial charge in [-0.3, -0.25) is 4.79 Å². The summed E-state index contributed by atoms with van der Waals surface area (Å²) in [5.74, 6) is 0.286. The SMILES string of the molecule is Cc1cc(ON(C)C)cc(C)c1C[C@H](N)C(N)=O. The van der Waals surface area contributed by atoms with Gasteiger partial charge in [-0.1, -0.05) is 0 Å². The van der Waals surface area contributed by atoms with Crippen LogP contribution in [0, 0.1) is 13.8 Å². The predicted molar refractivity (Wildman–Crippen MR) is 71.1 cm³/mol. The van der Waals surface area contributed by atoms with Crippen LogP contribution in [0.2, 0.25) is 0 Å². The summed E-state index contributed by atoms with van der Waals surface area (Å²) in [5, 5.41) is 1.63. The van der Waals surface area contributed by atoms with Crippen LogP contribution < -0.4 is 16.3 Å². The third kappa shape index (κ3) is 3.72. The normalized spacial score (nSPS) is 12.6. The quantitative estimate of drug-likeness (QED) is 0.747. The predicted octanol–water partition coefficient (Wildman–Crippen LogP) is 0.514. The third-order valence-electron chi connectivity index (χ3n) is 2.75. The lowest BCUT2D eigenvalue weighted by Gasteiger charge is -2.17. The first-order chi connectivity index (χ1) is 8.31. The largest absolute Gasteiger partial charge is 0.407 e. The summed E-state index contributed by atoms with van der Waals surface area (Å²) < 4.78 is 0. The molecule has 1 aromatic carbocycles. The fourth-order valence-electron chi connectivity index (χ4n) is 1.86. The lowest BCUT2D eigenvalue weighted by Crippen LogP contribution is -2.38. The molecule has 0 fully saturated rings. The number of nitrogens with two attached hydrogens (primary N) is 2. The highest BCUT2D eigenvalue weighted by atomic mass is 16.7. The summed E-state index contributed by atoms with van der Waals surface area (Å²) >= 11 is 0. The van der Waals surface area contributed by atoms with Gasteiger partial charge < -0.3 is 16.3 Å². The smallest absolute Gasteiger partial charge is 0.234 e. The van der Waals surface area contributed by atoms with Crippen molar-refractivity contribution >= 4 is 5.91 Å². The van der Waals surface area contributed by atoms with E-state index >= 15 is 0 Å². The van der Waals surface area contributed by atoms with E-state index in [0.717, 1.165) is 22.4 Å². The Morgan fingerprint density at radius 1 is 1.33 bits per heavy atom. The van der Waals surface area contributed by atoms with Gasteiger partial charge in [0, 0.05) is 14.1 Å². The van der Waals surface area contributed by atoms with Crippen molar-refractivity contribution in [3.63, 3.8) is 0 Å². The zero-order valence-corrected chi connectivity index (χ0v) is 11.4. The fraction of sp³-hybridized carbons (Fsp3) is 0.462. The van der Waals surface area contributed by atoms with E-state index in [1.165, 1.54) is 0 Å². The van der Waals surface area contributed by atoms with Crippen LogP contribution >= 0.6 is 0 Å². The molecule has 0 heterocycles. The number of aryl methyl sites for hydroxylation is 2. The number of nitrogens with zero attached hydrogens (tertiary/aromatic N) is 1. The molecule has 18 heavy (non-hydrogen) atoms. The van der Waals surface area contributed by atoms with Crippen LogP contribution in [-0.2, 0) is 11.2 Å². The minimum Gasteiger partial charge on any atom is -0.407 e. The maximum absolute atomic E-state index is 11.0. The standard InChI is InChI=1S/C13H21N3O2/c1-8-5-10(18-16(3)4)6-9(2)11(8)7-12(14)13(15)17/h5-6,12H,7,14H2,1-4H3,(H2,15,17)/t12-/m0/s1. The van der Waals surface area contributed by atoms with Crippen molar-refractivity contribution in [3.05, 3.63) is 28.8 Å². The molecule has 0 saturated carbocycles. The molecule has 0 aliphatic heterocycles. The third-order valence-corrected chi connectivity index (χ3v) is 2.75. The fourth-order valence-corrected chi connectivity index (χ4v) is 1.86. The second-order valence-corrected chi connectivity index (χ2v) is 4.65. The molecule has 1 aromatic rings. The molecule has 0 radical (unpaired) electrons. The van der Waals surface area contributed by atoms with E-state index in [1.807, 2.05) is 40.1 Å². The summed E-state index contributed by atoms with van der Waals surface area (Å²) in [4.78, 5) is 16.5. The van der Waals surface area contributed by atoms with Crippen molar-refractivity contribution in [2.24, 2.45) is 11.5 Å². The number of carbonyl (C=O) groups excluding carboxylic acids is 1. The van der Waals surface area contributed by atoms with Gasteiger partial charge in [-0.15, -0.1) is 0 Å². The zero-order chi connectivity index (χ0) is 13.9. The van der Waals surface area contributed by atoms with Crippen LogP contribution in [0.25, 0.3) is 0 Å². The van der Waals surface area contributed by atoms with Gasteiger partial charge in [0.25, 0.3) is 0 Å². The summed E-state index contributed by atoms with van der Waals surface area (Å²) in [5.41, 5.74) is 14.0. The molecule has 1 amide bonds. The second kappa shape index (κ2) is 5.84. The van der Waals surface area contributed by atoms with E-state index in [4.69, 9.17) is 16.3 Å². The Balaban J connectivity index is 2.97. The number of hydrogen-bond donors (Lipinski definition) is 2. The van der Waals surface area contributed by atoms with Gasteiger partial charge in [-0.05, 0) is 49.1 Å². The maximum atomic E-state index is 11.0. The number of benzene rings is 1. The van der Waals surface area contributed by atoms with Crippen LogP contribution in [0.5, 0.6) is 5.75 Å². The molecule has 100 valence electrons. The first kappa shape index (κ1) is 14.5. The molecule has 0 aliphatic rings. The minimum absolute atomic E-state index is 0.454. The topological polar surface area (TPSA) is 81.6 Å². The van der Waals surface area contributed by atoms with Crippen molar-refractivity contribution in [2.45, 2.75) is 26.3 Å². The van der Waals surface area contributed by atoms with E-state index in [9.17, 15) is 4.79 Å². The number of carbonyl (C=O) groups is 1. The monoisotopic (exact) mass is 251 g/mol. The van der Waals surface area contributed by atoms with Gasteiger partial charge in [-0.2, -0.15) is 5.06 Å². The number of rotatable bonds is 5. The van der Waals surface area contributed by atoms with Gasteiger partial charge in [-0.25, -0.2) is 0 Å². The van der Waals surface area contributed by atoms with E-state index in [1.54, 1.807) is 5.06 Å². The Morgan fingerprint density at radius 2 is 1.83 bits per heavy atom. The zero-order valence-electron chi connectivity index (χ0n) is 11.4. The molecule has 0 aliphatic carbocycles. The average molecular weight is 251 g/mol. The van der Waals surface area contributed by atoms with Crippen LogP contribution in [0.4, 0.5) is 0 Å². The van der Waals surface area contributed by atoms with Gasteiger partial charge in [0.1, 0.15) is 5.75 Å². The molecule has 0 unspecified atom stereocenters. The molecule has 1 rings (SSSR count). The molecular formula is C13H21N3O2. The Morgan fingerprint density at radius 3 is 2.22 bits per heavy atom. The lowest BCUT2D eigenvalue weighted by atomic mass is 9.96.